The van der Waals surface area contributed by atoms with Crippen LogP contribution in [-0.4, -0.2) is 17.5 Å². The van der Waals surface area contributed by atoms with E-state index < -0.39 is 0 Å². The Hall–Kier alpha value is 0.310. The maximum Gasteiger partial charge on any atom is 0.0519 e. The van der Waals surface area contributed by atoms with Gasteiger partial charge in [0.1, 0.15) is 0 Å². The van der Waals surface area contributed by atoms with Crippen molar-refractivity contribution in [2.75, 3.05) is 12.4 Å². The van der Waals surface area contributed by atoms with Gasteiger partial charge in [-0.3, -0.25) is 0 Å². The summed E-state index contributed by atoms with van der Waals surface area (Å²) in [6.45, 7) is 4.18. The first-order chi connectivity index (χ1) is 2.91. The number of aliphatic hydroxyl groups is 1. The number of aliphatic hydroxyl groups excluding tert-OH is 1. The molecule has 0 unspecified atom stereocenters. The molecule has 0 aromatic carbocycles. The summed E-state index contributed by atoms with van der Waals surface area (Å²) in [5, 5.41) is 7.80. The molecule has 0 radical (unpaired) electrons. The van der Waals surface area contributed by atoms with E-state index in [1.807, 2.05) is 13.8 Å². The molecule has 6 heavy (non-hydrogen) atoms. The van der Waals surface area contributed by atoms with E-state index in [0.29, 0.717) is 5.75 Å². The highest BCUT2D eigenvalue weighted by atomic mass is 32.1. The Morgan fingerprint density at radius 2 is 1.67 bits per heavy atom. The fourth-order valence-electron chi connectivity index (χ4n) is 0. The number of hydrogen-bond donors (Lipinski definition) is 2. The Labute approximate surface area is 44.8 Å². The van der Waals surface area contributed by atoms with Gasteiger partial charge in [-0.1, -0.05) is 13.8 Å². The first-order valence-corrected chi connectivity index (χ1v) is 2.76. The van der Waals surface area contributed by atoms with Gasteiger partial charge in [0.2, 0.25) is 0 Å². The van der Waals surface area contributed by atoms with Gasteiger partial charge < -0.3 is 5.11 Å². The monoisotopic (exact) mass is 108 g/mol. The molecule has 1 nitrogen and oxygen atoms in total. The van der Waals surface area contributed by atoms with Gasteiger partial charge >= 0.3 is 0 Å². The van der Waals surface area contributed by atoms with Crippen LogP contribution in [0.15, 0.2) is 0 Å². The lowest BCUT2D eigenvalue weighted by atomic mass is 10.9. The molecular formula is C4H12OS. The average Bonchev–Trinajstić information content (AvgIpc) is 1.72. The van der Waals surface area contributed by atoms with Gasteiger partial charge in [0, 0.05) is 5.75 Å². The molecular weight excluding hydrogens is 96.1 g/mol. The standard InChI is InChI=1S/C2H6OS.C2H6/c3-1-2-4;1-2/h3-4H,1-2H2;1-2H3. The molecule has 0 saturated heterocycles. The number of rotatable bonds is 1. The second kappa shape index (κ2) is 18.5. The van der Waals surface area contributed by atoms with Crippen LogP contribution in [0.25, 0.3) is 0 Å². The van der Waals surface area contributed by atoms with E-state index >= 15 is 0 Å². The second-order valence-corrected chi connectivity index (χ2v) is 0.894. The van der Waals surface area contributed by atoms with E-state index in [9.17, 15) is 0 Å². The van der Waals surface area contributed by atoms with E-state index in [-0.39, 0.29) is 6.61 Å². The molecule has 0 aromatic heterocycles. The van der Waals surface area contributed by atoms with Crippen LogP contribution in [0, 0.1) is 0 Å². The minimum absolute atomic E-state index is 0.184. The van der Waals surface area contributed by atoms with Gasteiger partial charge in [-0.05, 0) is 0 Å². The fourth-order valence-corrected chi connectivity index (χ4v) is 0. The number of hydrogen-bond acceptors (Lipinski definition) is 2. The number of thiol groups is 1. The summed E-state index contributed by atoms with van der Waals surface area (Å²) >= 11 is 3.67. The van der Waals surface area contributed by atoms with Crippen LogP contribution in [-0.2, 0) is 0 Å². The van der Waals surface area contributed by atoms with Crippen LogP contribution in [0.1, 0.15) is 13.8 Å². The van der Waals surface area contributed by atoms with Gasteiger partial charge in [0.15, 0.2) is 0 Å². The summed E-state index contributed by atoms with van der Waals surface area (Å²) in [6, 6.07) is 0. The molecule has 2 heteroatoms. The van der Waals surface area contributed by atoms with Crippen molar-refractivity contribution in [3.8, 4) is 0 Å². The molecule has 0 amide bonds. The third-order valence-electron chi connectivity index (χ3n) is 0.1000. The third kappa shape index (κ3) is 27.5. The maximum atomic E-state index is 7.80. The maximum absolute atomic E-state index is 7.80. The van der Waals surface area contributed by atoms with Gasteiger partial charge in [-0.2, -0.15) is 12.6 Å². The van der Waals surface area contributed by atoms with E-state index in [1.54, 1.807) is 0 Å². The summed E-state index contributed by atoms with van der Waals surface area (Å²) in [7, 11) is 0. The van der Waals surface area contributed by atoms with Crippen LogP contribution in [0.3, 0.4) is 0 Å². The van der Waals surface area contributed by atoms with Crippen LogP contribution in [0.2, 0.25) is 0 Å². The van der Waals surface area contributed by atoms with Gasteiger partial charge in [0.25, 0.3) is 0 Å². The molecule has 0 aromatic rings. The Kier molecular flexibility index (Phi) is 29.5. The van der Waals surface area contributed by atoms with E-state index in [1.165, 1.54) is 0 Å². The zero-order valence-corrected chi connectivity index (χ0v) is 5.20. The topological polar surface area (TPSA) is 20.2 Å². The lowest BCUT2D eigenvalue weighted by molar-refractivity contribution is 0.323. The lowest BCUT2D eigenvalue weighted by Crippen LogP contribution is -1.76. The summed E-state index contributed by atoms with van der Waals surface area (Å²) < 4.78 is 0. The molecule has 0 saturated carbocycles. The Morgan fingerprint density at radius 1 is 1.50 bits per heavy atom. The highest BCUT2D eigenvalue weighted by Crippen LogP contribution is 1.61. The van der Waals surface area contributed by atoms with E-state index in [2.05, 4.69) is 12.6 Å². The molecule has 0 atom stereocenters. The third-order valence-corrected chi connectivity index (χ3v) is 0.300. The second-order valence-electron chi connectivity index (χ2n) is 0.447. The fraction of sp³-hybridized carbons (Fsp3) is 1.00. The summed E-state index contributed by atoms with van der Waals surface area (Å²) in [5.41, 5.74) is 0. The first-order valence-electron chi connectivity index (χ1n) is 2.13. The van der Waals surface area contributed by atoms with E-state index in [4.69, 9.17) is 5.11 Å². The molecule has 40 valence electrons. The van der Waals surface area contributed by atoms with Crippen molar-refractivity contribution in [2.24, 2.45) is 0 Å². The Morgan fingerprint density at radius 3 is 1.67 bits per heavy atom. The molecule has 0 rings (SSSR count). The van der Waals surface area contributed by atoms with Gasteiger partial charge in [-0.25, -0.2) is 0 Å². The molecule has 1 N–H and O–H groups in total. The smallest absolute Gasteiger partial charge is 0.0519 e. The quantitative estimate of drug-likeness (QED) is 0.479. The van der Waals surface area contributed by atoms with Crippen LogP contribution in [0.4, 0.5) is 0 Å². The predicted octanol–water partition coefficient (Wildman–Crippen LogP) is 0.935. The summed E-state index contributed by atoms with van der Waals surface area (Å²) in [4.78, 5) is 0. The van der Waals surface area contributed by atoms with Crippen LogP contribution in [0.5, 0.6) is 0 Å². The molecule has 0 aliphatic rings. The van der Waals surface area contributed by atoms with Crippen molar-refractivity contribution >= 4 is 12.6 Å². The zero-order chi connectivity index (χ0) is 5.41. The largest absolute Gasteiger partial charge is 0.396 e. The molecule has 0 aliphatic heterocycles. The Bertz CT molecular complexity index is 9.51. The Balaban J connectivity index is 0. The summed E-state index contributed by atoms with van der Waals surface area (Å²) in [6.07, 6.45) is 0. The normalized spacial score (nSPS) is 6.00. The zero-order valence-electron chi connectivity index (χ0n) is 4.31. The molecule has 0 spiro atoms. The van der Waals surface area contributed by atoms with Crippen molar-refractivity contribution in [2.45, 2.75) is 13.8 Å². The van der Waals surface area contributed by atoms with Gasteiger partial charge in [-0.15, -0.1) is 0 Å². The minimum Gasteiger partial charge on any atom is -0.396 e. The molecule has 0 fully saturated rings. The molecule has 0 aliphatic carbocycles. The van der Waals surface area contributed by atoms with Crippen LogP contribution >= 0.6 is 12.6 Å². The van der Waals surface area contributed by atoms with Crippen molar-refractivity contribution in [3.63, 3.8) is 0 Å². The van der Waals surface area contributed by atoms with Gasteiger partial charge in [0.05, 0.1) is 6.61 Å². The molecule has 0 bridgehead atoms. The molecule has 0 heterocycles. The van der Waals surface area contributed by atoms with Crippen molar-refractivity contribution < 1.29 is 5.11 Å². The SMILES string of the molecule is CC.OCCS. The highest BCUT2D eigenvalue weighted by Gasteiger charge is 1.57. The van der Waals surface area contributed by atoms with Crippen molar-refractivity contribution in [1.82, 2.24) is 0 Å². The summed E-state index contributed by atoms with van der Waals surface area (Å²) in [5.74, 6) is 0.569. The minimum atomic E-state index is 0.184. The average molecular weight is 108 g/mol. The van der Waals surface area contributed by atoms with Crippen molar-refractivity contribution in [1.29, 1.82) is 0 Å². The first kappa shape index (κ1) is 9.58. The lowest BCUT2D eigenvalue weighted by Gasteiger charge is -1.69. The van der Waals surface area contributed by atoms with E-state index in [0.717, 1.165) is 0 Å². The van der Waals surface area contributed by atoms with Crippen molar-refractivity contribution in [3.05, 3.63) is 0 Å². The van der Waals surface area contributed by atoms with Crippen LogP contribution < -0.4 is 0 Å². The predicted molar refractivity (Wildman–Crippen MR) is 32.3 cm³/mol. The highest BCUT2D eigenvalue weighted by molar-refractivity contribution is 7.80.